The minimum Gasteiger partial charge on any atom is -0.488 e. The number of nitrogens with zero attached hydrogens (tertiary/aromatic N) is 1. The van der Waals surface area contributed by atoms with Crippen molar-refractivity contribution < 1.29 is 4.74 Å². The Morgan fingerprint density at radius 1 is 1.25 bits per heavy atom. The molecule has 1 heterocycles. The molecule has 1 aliphatic carbocycles. The molecule has 1 aliphatic rings. The van der Waals surface area contributed by atoms with E-state index in [-0.39, 0.29) is 0 Å². The van der Waals surface area contributed by atoms with Gasteiger partial charge in [-0.2, -0.15) is 0 Å². The maximum absolute atomic E-state index is 6.02. The molecule has 0 atom stereocenters. The monoisotopic (exact) mass is 283 g/mol. The molecule has 0 aliphatic heterocycles. The van der Waals surface area contributed by atoms with Crippen LogP contribution in [0.2, 0.25) is 0 Å². The molecule has 0 unspecified atom stereocenters. The summed E-state index contributed by atoms with van der Waals surface area (Å²) in [5, 5.41) is 0. The molecule has 16 heavy (non-hydrogen) atoms. The van der Waals surface area contributed by atoms with Gasteiger partial charge in [0.15, 0.2) is 0 Å². The zero-order valence-electron chi connectivity index (χ0n) is 9.87. The van der Waals surface area contributed by atoms with Crippen molar-refractivity contribution in [3.05, 3.63) is 22.4 Å². The van der Waals surface area contributed by atoms with Crippen LogP contribution >= 0.6 is 15.9 Å². The van der Waals surface area contributed by atoms with E-state index in [9.17, 15) is 0 Å². The maximum atomic E-state index is 6.02. The largest absolute Gasteiger partial charge is 0.488 e. The number of hydrogen-bond donors (Lipinski definition) is 0. The van der Waals surface area contributed by atoms with Crippen LogP contribution in [0.25, 0.3) is 0 Å². The summed E-state index contributed by atoms with van der Waals surface area (Å²) in [4.78, 5) is 4.15. The summed E-state index contributed by atoms with van der Waals surface area (Å²) in [6, 6.07) is 0. The number of hydrogen-bond acceptors (Lipinski definition) is 2. The molecule has 1 fully saturated rings. The quantitative estimate of drug-likeness (QED) is 0.815. The van der Waals surface area contributed by atoms with E-state index in [1.165, 1.54) is 25.7 Å². The fourth-order valence-electron chi connectivity index (χ4n) is 2.13. The molecule has 1 aromatic heterocycles. The maximum Gasteiger partial charge on any atom is 0.142 e. The zero-order valence-corrected chi connectivity index (χ0v) is 11.5. The van der Waals surface area contributed by atoms with Crippen LogP contribution in [0, 0.1) is 12.8 Å². The molecule has 0 spiro atoms. The highest BCUT2D eigenvalue weighted by Gasteiger charge is 2.20. The number of rotatable bonds is 2. The normalized spacial score (nSPS) is 25.4. The Kier molecular flexibility index (Phi) is 3.85. The molecule has 2 rings (SSSR count). The highest BCUT2D eigenvalue weighted by atomic mass is 79.9. The third-order valence-corrected chi connectivity index (χ3v) is 4.16. The van der Waals surface area contributed by atoms with E-state index >= 15 is 0 Å². The number of pyridine rings is 1. The van der Waals surface area contributed by atoms with Gasteiger partial charge in [0.2, 0.25) is 0 Å². The number of aromatic nitrogens is 1. The summed E-state index contributed by atoms with van der Waals surface area (Å²) < 4.78 is 7.05. The molecule has 88 valence electrons. The first kappa shape index (κ1) is 11.9. The fraction of sp³-hybridized carbons (Fsp3) is 0.615. The van der Waals surface area contributed by atoms with Crippen LogP contribution in [0.15, 0.2) is 16.9 Å². The van der Waals surface area contributed by atoms with Crippen molar-refractivity contribution in [3.63, 3.8) is 0 Å². The van der Waals surface area contributed by atoms with Crippen molar-refractivity contribution in [1.82, 2.24) is 4.98 Å². The van der Waals surface area contributed by atoms with Gasteiger partial charge in [-0.1, -0.05) is 6.92 Å². The van der Waals surface area contributed by atoms with Crippen LogP contribution in [0.1, 0.15) is 38.2 Å². The summed E-state index contributed by atoms with van der Waals surface area (Å²) in [7, 11) is 0. The third kappa shape index (κ3) is 2.76. The highest BCUT2D eigenvalue weighted by molar-refractivity contribution is 9.10. The van der Waals surface area contributed by atoms with Gasteiger partial charge >= 0.3 is 0 Å². The molecule has 0 radical (unpaired) electrons. The van der Waals surface area contributed by atoms with Crippen LogP contribution in [-0.2, 0) is 0 Å². The second-order valence-corrected chi connectivity index (χ2v) is 5.60. The van der Waals surface area contributed by atoms with Gasteiger partial charge in [-0.15, -0.1) is 0 Å². The van der Waals surface area contributed by atoms with Crippen molar-refractivity contribution in [2.24, 2.45) is 5.92 Å². The Hall–Kier alpha value is -0.570. The minimum absolute atomic E-state index is 0.381. The van der Waals surface area contributed by atoms with Crippen molar-refractivity contribution in [2.45, 2.75) is 45.6 Å². The standard InChI is InChI=1S/C13H18BrNO/c1-9-3-5-11(6-4-9)16-13-8-15-7-12(14)10(13)2/h7-9,11H,3-6H2,1-2H3. The smallest absolute Gasteiger partial charge is 0.142 e. The SMILES string of the molecule is Cc1c(Br)cncc1OC1CCC(C)CC1. The molecule has 1 aromatic rings. The molecule has 0 amide bonds. The lowest BCUT2D eigenvalue weighted by Crippen LogP contribution is -2.23. The first-order valence-corrected chi connectivity index (χ1v) is 6.73. The Labute approximate surface area is 106 Å². The number of halogens is 1. The van der Waals surface area contributed by atoms with Crippen LogP contribution in [0.4, 0.5) is 0 Å². The topological polar surface area (TPSA) is 22.1 Å². The Morgan fingerprint density at radius 3 is 2.62 bits per heavy atom. The van der Waals surface area contributed by atoms with Gasteiger partial charge in [0.1, 0.15) is 5.75 Å². The second kappa shape index (κ2) is 5.17. The second-order valence-electron chi connectivity index (χ2n) is 4.74. The molecular formula is C13H18BrNO. The summed E-state index contributed by atoms with van der Waals surface area (Å²) in [5.74, 6) is 1.79. The summed E-state index contributed by atoms with van der Waals surface area (Å²) in [6.45, 7) is 4.38. The minimum atomic E-state index is 0.381. The molecule has 3 heteroatoms. The first-order valence-electron chi connectivity index (χ1n) is 5.93. The van der Waals surface area contributed by atoms with Gasteiger partial charge in [-0.25, -0.2) is 0 Å². The lowest BCUT2D eigenvalue weighted by Gasteiger charge is -2.27. The van der Waals surface area contributed by atoms with Gasteiger partial charge < -0.3 is 4.74 Å². The molecule has 0 saturated heterocycles. The van der Waals surface area contributed by atoms with Crippen molar-refractivity contribution in [2.75, 3.05) is 0 Å². The number of ether oxygens (including phenoxy) is 1. The first-order chi connectivity index (χ1) is 7.66. The Balaban J connectivity index is 2.01. The molecule has 0 aromatic carbocycles. The third-order valence-electron chi connectivity index (χ3n) is 3.36. The van der Waals surface area contributed by atoms with E-state index in [0.717, 1.165) is 21.7 Å². The zero-order chi connectivity index (χ0) is 11.5. The summed E-state index contributed by atoms with van der Waals surface area (Å²) in [6.07, 6.45) is 8.92. The van der Waals surface area contributed by atoms with Crippen LogP contribution in [-0.4, -0.2) is 11.1 Å². The van der Waals surface area contributed by atoms with Gasteiger partial charge in [0.25, 0.3) is 0 Å². The van der Waals surface area contributed by atoms with E-state index < -0.39 is 0 Å². The molecular weight excluding hydrogens is 266 g/mol. The van der Waals surface area contributed by atoms with Crippen LogP contribution in [0.5, 0.6) is 5.75 Å². The van der Waals surface area contributed by atoms with Crippen LogP contribution < -0.4 is 4.74 Å². The van der Waals surface area contributed by atoms with E-state index in [4.69, 9.17) is 4.74 Å². The Bertz CT molecular complexity index is 359. The Morgan fingerprint density at radius 2 is 1.94 bits per heavy atom. The van der Waals surface area contributed by atoms with Crippen LogP contribution in [0.3, 0.4) is 0 Å². The highest BCUT2D eigenvalue weighted by Crippen LogP contribution is 2.30. The van der Waals surface area contributed by atoms with Crippen molar-refractivity contribution >= 4 is 15.9 Å². The lowest BCUT2D eigenvalue weighted by atomic mass is 9.89. The van der Waals surface area contributed by atoms with E-state index in [2.05, 4.69) is 34.8 Å². The molecule has 1 saturated carbocycles. The van der Waals surface area contributed by atoms with Gasteiger partial charge in [0, 0.05) is 16.2 Å². The lowest BCUT2D eigenvalue weighted by molar-refractivity contribution is 0.134. The molecule has 0 bridgehead atoms. The van der Waals surface area contributed by atoms with Gasteiger partial charge in [0.05, 0.1) is 12.3 Å². The summed E-state index contributed by atoms with van der Waals surface area (Å²) >= 11 is 3.48. The fourth-order valence-corrected chi connectivity index (χ4v) is 2.44. The van der Waals surface area contributed by atoms with E-state index in [1.54, 1.807) is 0 Å². The molecule has 2 nitrogen and oxygen atoms in total. The van der Waals surface area contributed by atoms with E-state index in [0.29, 0.717) is 6.10 Å². The van der Waals surface area contributed by atoms with Crippen molar-refractivity contribution in [1.29, 1.82) is 0 Å². The van der Waals surface area contributed by atoms with E-state index in [1.807, 2.05) is 12.4 Å². The predicted molar refractivity (Wildman–Crippen MR) is 68.7 cm³/mol. The predicted octanol–water partition coefficient (Wildman–Crippen LogP) is 4.11. The summed E-state index contributed by atoms with van der Waals surface area (Å²) in [5.41, 5.74) is 1.15. The van der Waals surface area contributed by atoms with Crippen molar-refractivity contribution in [3.8, 4) is 5.75 Å². The van der Waals surface area contributed by atoms with Gasteiger partial charge in [-0.3, -0.25) is 4.98 Å². The average molecular weight is 284 g/mol. The van der Waals surface area contributed by atoms with Gasteiger partial charge in [-0.05, 0) is 54.5 Å². The molecule has 0 N–H and O–H groups in total. The average Bonchev–Trinajstić information content (AvgIpc) is 2.28.